The molecule has 0 unspecified atom stereocenters. The van der Waals surface area contributed by atoms with Gasteiger partial charge in [0.25, 0.3) is 5.91 Å². The van der Waals surface area contributed by atoms with Crippen LogP contribution in [-0.4, -0.2) is 82.0 Å². The smallest absolute Gasteiger partial charge is 0.286 e. The molecule has 2 saturated heterocycles. The molecule has 4 atom stereocenters. The topological polar surface area (TPSA) is 126 Å². The number of hydrogen-bond donors (Lipinski definition) is 1. The summed E-state index contributed by atoms with van der Waals surface area (Å²) < 4.78 is 54.6. The maximum Gasteiger partial charge on any atom is 0.286 e. The van der Waals surface area contributed by atoms with Gasteiger partial charge in [-0.25, -0.2) is 18.1 Å². The molecule has 2 aliphatic rings. The van der Waals surface area contributed by atoms with Crippen LogP contribution in [0.4, 0.5) is 15.9 Å². The molecule has 36 heavy (non-hydrogen) atoms. The molecule has 4 heterocycles. The standard InChI is InChI=1S/C23H26FN5O6S/c1-12-14(23(30)28-36(3,4)31)8-29-19(12)22(25-11-26-29)27-15-6-5-13(24)7-16(15)35-18-10-34-20-17(32-2)9-33-21(18)20/h5-8,11,17-18,20-21H,9-10H2,1-4H3,(H,25,26,27)/t17-,18-,20-,21-/m1/s1. The fraction of sp³-hybridized carbons (Fsp3) is 0.435. The third kappa shape index (κ3) is 4.66. The summed E-state index contributed by atoms with van der Waals surface area (Å²) in [4.78, 5) is 16.9. The highest BCUT2D eigenvalue weighted by Gasteiger charge is 2.49. The molecule has 0 bridgehead atoms. The Kier molecular flexibility index (Phi) is 6.41. The van der Waals surface area contributed by atoms with Crippen LogP contribution in [-0.2, 0) is 23.9 Å². The zero-order chi connectivity index (χ0) is 25.6. The van der Waals surface area contributed by atoms with E-state index < -0.39 is 27.6 Å². The lowest BCUT2D eigenvalue weighted by Crippen LogP contribution is -2.35. The summed E-state index contributed by atoms with van der Waals surface area (Å²) in [6.07, 6.45) is 4.38. The largest absolute Gasteiger partial charge is 0.483 e. The van der Waals surface area contributed by atoms with Crippen LogP contribution in [0.15, 0.2) is 35.1 Å². The number of nitrogens with one attached hydrogen (secondary N) is 1. The number of halogens is 1. The van der Waals surface area contributed by atoms with Crippen LogP contribution < -0.4 is 10.1 Å². The Morgan fingerprint density at radius 1 is 1.25 bits per heavy atom. The van der Waals surface area contributed by atoms with Crippen molar-refractivity contribution in [2.45, 2.75) is 31.3 Å². The Morgan fingerprint density at radius 2 is 1.97 bits per heavy atom. The molecule has 1 N–H and O–H groups in total. The van der Waals surface area contributed by atoms with Gasteiger partial charge < -0.3 is 24.3 Å². The number of carbonyl (C=O) groups excluding carboxylic acids is 1. The molecule has 0 radical (unpaired) electrons. The molecule has 2 fully saturated rings. The summed E-state index contributed by atoms with van der Waals surface area (Å²) in [7, 11) is -1.03. The van der Waals surface area contributed by atoms with Gasteiger partial charge in [-0.15, -0.1) is 0 Å². The third-order valence-electron chi connectivity index (χ3n) is 6.10. The van der Waals surface area contributed by atoms with Gasteiger partial charge in [0.05, 0.1) is 24.5 Å². The van der Waals surface area contributed by atoms with Gasteiger partial charge in [0.1, 0.15) is 41.7 Å². The molecule has 13 heteroatoms. The fourth-order valence-electron chi connectivity index (χ4n) is 4.44. The number of fused-ring (bicyclic) bond motifs is 2. The van der Waals surface area contributed by atoms with E-state index in [9.17, 15) is 13.4 Å². The van der Waals surface area contributed by atoms with Crippen LogP contribution in [0.25, 0.3) is 5.52 Å². The number of anilines is 2. The van der Waals surface area contributed by atoms with E-state index in [0.717, 1.165) is 0 Å². The van der Waals surface area contributed by atoms with Gasteiger partial charge in [-0.2, -0.15) is 9.46 Å². The van der Waals surface area contributed by atoms with Crippen molar-refractivity contribution in [3.05, 3.63) is 47.7 Å². The van der Waals surface area contributed by atoms with Crippen LogP contribution in [0.2, 0.25) is 0 Å². The van der Waals surface area contributed by atoms with E-state index in [-0.39, 0.29) is 36.2 Å². The van der Waals surface area contributed by atoms with Crippen molar-refractivity contribution in [1.82, 2.24) is 14.6 Å². The second-order valence-electron chi connectivity index (χ2n) is 8.94. The van der Waals surface area contributed by atoms with Crippen molar-refractivity contribution >= 4 is 32.7 Å². The number of hydrogen-bond acceptors (Lipinski definition) is 9. The number of ether oxygens (including phenoxy) is 4. The molecule has 192 valence electrons. The first-order chi connectivity index (χ1) is 17.1. The number of benzene rings is 1. The van der Waals surface area contributed by atoms with Gasteiger partial charge >= 0.3 is 0 Å². The molecule has 2 aromatic heterocycles. The molecule has 5 rings (SSSR count). The quantitative estimate of drug-likeness (QED) is 0.522. The van der Waals surface area contributed by atoms with Crippen LogP contribution in [0, 0.1) is 12.7 Å². The number of nitrogens with zero attached hydrogens (tertiary/aromatic N) is 4. The average molecular weight is 520 g/mol. The highest BCUT2D eigenvalue weighted by Crippen LogP contribution is 2.36. The average Bonchev–Trinajstić information content (AvgIpc) is 3.49. The maximum absolute atomic E-state index is 14.2. The fourth-order valence-corrected chi connectivity index (χ4v) is 4.93. The first-order valence-corrected chi connectivity index (χ1v) is 13.5. The van der Waals surface area contributed by atoms with Gasteiger partial charge in [0, 0.05) is 41.6 Å². The van der Waals surface area contributed by atoms with Crippen LogP contribution >= 0.6 is 0 Å². The number of aryl methyl sites for hydroxylation is 1. The maximum atomic E-state index is 14.2. The van der Waals surface area contributed by atoms with Crippen molar-refractivity contribution in [3.8, 4) is 5.75 Å². The number of amides is 1. The number of aromatic nitrogens is 3. The SMILES string of the molecule is CO[C@@H]1CO[C@H]2[C@@H]1OC[C@H]2Oc1cc(F)ccc1Nc1ncnn2cc(C(=O)N=S(C)(C)=O)c(C)c12. The van der Waals surface area contributed by atoms with E-state index in [2.05, 4.69) is 19.8 Å². The lowest BCUT2D eigenvalue weighted by molar-refractivity contribution is -0.0138. The van der Waals surface area contributed by atoms with Gasteiger partial charge in [-0.05, 0) is 24.6 Å². The molecule has 0 saturated carbocycles. The first-order valence-electron chi connectivity index (χ1n) is 11.2. The predicted molar refractivity (Wildman–Crippen MR) is 129 cm³/mol. The third-order valence-corrected chi connectivity index (χ3v) is 6.71. The van der Waals surface area contributed by atoms with E-state index in [1.807, 2.05) is 0 Å². The molecule has 2 aliphatic heterocycles. The molecule has 1 aromatic carbocycles. The minimum absolute atomic E-state index is 0.183. The summed E-state index contributed by atoms with van der Waals surface area (Å²) >= 11 is 0. The highest BCUT2D eigenvalue weighted by atomic mass is 32.2. The Bertz CT molecular complexity index is 1440. The summed E-state index contributed by atoms with van der Waals surface area (Å²) in [6.45, 7) is 2.39. The zero-order valence-corrected chi connectivity index (χ0v) is 21.0. The summed E-state index contributed by atoms with van der Waals surface area (Å²) in [5.74, 6) is -0.468. The highest BCUT2D eigenvalue weighted by molar-refractivity contribution is 7.92. The summed E-state index contributed by atoms with van der Waals surface area (Å²) in [5, 5.41) is 7.35. The van der Waals surface area contributed by atoms with Crippen molar-refractivity contribution in [1.29, 1.82) is 0 Å². The Labute approximate surface area is 207 Å². The van der Waals surface area contributed by atoms with E-state index in [1.54, 1.807) is 14.0 Å². The lowest BCUT2D eigenvalue weighted by atomic mass is 10.1. The normalized spacial score (nSPS) is 23.6. The summed E-state index contributed by atoms with van der Waals surface area (Å²) in [6, 6.07) is 4.11. The van der Waals surface area contributed by atoms with Gasteiger partial charge in [0.2, 0.25) is 0 Å². The van der Waals surface area contributed by atoms with E-state index in [4.69, 9.17) is 18.9 Å². The molecule has 1 amide bonds. The van der Waals surface area contributed by atoms with Crippen LogP contribution in [0.5, 0.6) is 5.75 Å². The number of rotatable bonds is 6. The molecule has 0 aliphatic carbocycles. The predicted octanol–water partition coefficient (Wildman–Crippen LogP) is 2.35. The number of carbonyl (C=O) groups is 1. The second-order valence-corrected chi connectivity index (χ2v) is 11.5. The van der Waals surface area contributed by atoms with Gasteiger partial charge in [-0.3, -0.25) is 4.79 Å². The molecular formula is C23H26FN5O6S. The zero-order valence-electron chi connectivity index (χ0n) is 20.1. The number of methoxy groups -OCH3 is 1. The van der Waals surface area contributed by atoms with Crippen molar-refractivity contribution in [2.24, 2.45) is 4.36 Å². The molecule has 11 nitrogen and oxygen atoms in total. The van der Waals surface area contributed by atoms with Crippen molar-refractivity contribution < 1.29 is 32.3 Å². The second kappa shape index (κ2) is 9.39. The van der Waals surface area contributed by atoms with Crippen molar-refractivity contribution in [3.63, 3.8) is 0 Å². The van der Waals surface area contributed by atoms with Gasteiger partial charge in [-0.1, -0.05) is 0 Å². The molecular weight excluding hydrogens is 493 g/mol. The lowest BCUT2D eigenvalue weighted by Gasteiger charge is -2.20. The van der Waals surface area contributed by atoms with E-state index >= 15 is 0 Å². The Morgan fingerprint density at radius 3 is 2.69 bits per heavy atom. The first kappa shape index (κ1) is 24.6. The van der Waals surface area contributed by atoms with Crippen LogP contribution in [0.1, 0.15) is 15.9 Å². The Balaban J connectivity index is 1.46. The van der Waals surface area contributed by atoms with Crippen LogP contribution in [0.3, 0.4) is 0 Å². The van der Waals surface area contributed by atoms with Crippen molar-refractivity contribution in [2.75, 3.05) is 38.2 Å². The Hall–Kier alpha value is -3.13. The molecule has 3 aromatic rings. The minimum Gasteiger partial charge on any atom is -0.483 e. The van der Waals surface area contributed by atoms with E-state index in [1.165, 1.54) is 47.8 Å². The monoisotopic (exact) mass is 519 g/mol. The van der Waals surface area contributed by atoms with E-state index in [0.29, 0.717) is 29.2 Å². The summed E-state index contributed by atoms with van der Waals surface area (Å²) in [5.41, 5.74) is 1.77. The molecule has 0 spiro atoms. The van der Waals surface area contributed by atoms with Gasteiger partial charge in [0.15, 0.2) is 11.9 Å². The minimum atomic E-state index is -2.63.